The third-order valence-corrected chi connectivity index (χ3v) is 3.49. The number of aromatic nitrogens is 4. The van der Waals surface area contributed by atoms with E-state index in [4.69, 9.17) is 12.2 Å². The Kier molecular flexibility index (Phi) is 3.43. The maximum atomic E-state index is 5.35. The summed E-state index contributed by atoms with van der Waals surface area (Å²) in [4.78, 5) is 3.14. The Labute approximate surface area is 113 Å². The second-order valence-electron chi connectivity index (χ2n) is 5.58. The minimum absolute atomic E-state index is 0.0972. The van der Waals surface area contributed by atoms with Crippen LogP contribution >= 0.6 is 12.2 Å². The summed E-state index contributed by atoms with van der Waals surface area (Å²) < 4.78 is 4.89. The molecule has 5 heteroatoms. The first-order valence-electron chi connectivity index (χ1n) is 6.15. The highest BCUT2D eigenvalue weighted by Crippen LogP contribution is 2.22. The lowest BCUT2D eigenvalue weighted by Gasteiger charge is -2.20. The molecule has 98 valence electrons. The topological polar surface area (TPSA) is 38.5 Å². The van der Waals surface area contributed by atoms with E-state index in [2.05, 4.69) is 35.4 Å². The third kappa shape index (κ3) is 2.56. The van der Waals surface area contributed by atoms with Crippen molar-refractivity contribution in [2.45, 2.75) is 39.2 Å². The summed E-state index contributed by atoms with van der Waals surface area (Å²) in [7, 11) is 1.97. The molecule has 0 aromatic carbocycles. The molecule has 0 unspecified atom stereocenters. The molecule has 2 aromatic heterocycles. The number of aromatic amines is 1. The van der Waals surface area contributed by atoms with Crippen LogP contribution in [-0.4, -0.2) is 19.3 Å². The fraction of sp³-hybridized carbons (Fsp3) is 0.538. The molecule has 1 N–H and O–H groups in total. The number of aryl methyl sites for hydroxylation is 2. The van der Waals surface area contributed by atoms with Crippen LogP contribution in [-0.2, 0) is 25.4 Å². The summed E-state index contributed by atoms with van der Waals surface area (Å²) in [5.41, 5.74) is 2.56. The van der Waals surface area contributed by atoms with E-state index in [1.165, 1.54) is 11.4 Å². The van der Waals surface area contributed by atoms with Crippen molar-refractivity contribution in [1.29, 1.82) is 0 Å². The molecule has 18 heavy (non-hydrogen) atoms. The Morgan fingerprint density at radius 3 is 2.67 bits per heavy atom. The van der Waals surface area contributed by atoms with Crippen LogP contribution in [0.5, 0.6) is 0 Å². The zero-order chi connectivity index (χ0) is 13.3. The van der Waals surface area contributed by atoms with Crippen LogP contribution in [0.15, 0.2) is 18.5 Å². The van der Waals surface area contributed by atoms with Crippen LogP contribution in [0.4, 0.5) is 0 Å². The molecule has 0 spiro atoms. The van der Waals surface area contributed by atoms with Crippen molar-refractivity contribution >= 4 is 12.2 Å². The van der Waals surface area contributed by atoms with E-state index in [9.17, 15) is 0 Å². The summed E-state index contributed by atoms with van der Waals surface area (Å²) in [6.07, 6.45) is 4.79. The highest BCUT2D eigenvalue weighted by molar-refractivity contribution is 7.71. The first-order valence-corrected chi connectivity index (χ1v) is 6.56. The first-order chi connectivity index (χ1) is 8.39. The molecule has 0 saturated carbocycles. The summed E-state index contributed by atoms with van der Waals surface area (Å²) >= 11 is 5.35. The normalized spacial score (nSPS) is 12.0. The lowest BCUT2D eigenvalue weighted by atomic mass is 9.92. The van der Waals surface area contributed by atoms with Gasteiger partial charge < -0.3 is 9.55 Å². The molecule has 0 bridgehead atoms. The number of nitrogens with zero attached hydrogens (tertiary/aromatic N) is 3. The van der Waals surface area contributed by atoms with Crippen molar-refractivity contribution in [3.05, 3.63) is 34.6 Å². The standard InChI is InChI=1S/C13H20N4S/c1-13(2,3)11-9-14-12(18)17(11)8-6-10-5-7-15-16(10)4/h5,7,9H,6,8H2,1-4H3,(H,14,18). The Balaban J connectivity index is 2.22. The van der Waals surface area contributed by atoms with Gasteiger partial charge in [0.2, 0.25) is 0 Å². The quantitative estimate of drug-likeness (QED) is 0.866. The molecule has 0 atom stereocenters. The minimum Gasteiger partial charge on any atom is -0.337 e. The van der Waals surface area contributed by atoms with Gasteiger partial charge in [-0.3, -0.25) is 4.68 Å². The Bertz CT molecular complexity index is 583. The van der Waals surface area contributed by atoms with Gasteiger partial charge in [-0.05, 0) is 18.3 Å². The molecular formula is C13H20N4S. The summed E-state index contributed by atoms with van der Waals surface area (Å²) in [5, 5.41) is 4.18. The van der Waals surface area contributed by atoms with Gasteiger partial charge >= 0.3 is 0 Å². The highest BCUT2D eigenvalue weighted by Gasteiger charge is 2.19. The fourth-order valence-corrected chi connectivity index (χ4v) is 2.36. The van der Waals surface area contributed by atoms with Crippen LogP contribution in [0.2, 0.25) is 0 Å². The molecule has 0 aliphatic rings. The Hall–Kier alpha value is -1.36. The lowest BCUT2D eigenvalue weighted by molar-refractivity contribution is 0.509. The number of hydrogen-bond donors (Lipinski definition) is 1. The van der Waals surface area contributed by atoms with Crippen molar-refractivity contribution in [2.24, 2.45) is 7.05 Å². The van der Waals surface area contributed by atoms with Crippen LogP contribution in [0, 0.1) is 4.77 Å². The van der Waals surface area contributed by atoms with Crippen molar-refractivity contribution in [2.75, 3.05) is 0 Å². The zero-order valence-electron chi connectivity index (χ0n) is 11.4. The number of nitrogens with one attached hydrogen (secondary N) is 1. The molecule has 0 amide bonds. The molecule has 0 radical (unpaired) electrons. The van der Waals surface area contributed by atoms with Gasteiger partial charge in [-0.25, -0.2) is 0 Å². The molecule has 4 nitrogen and oxygen atoms in total. The fourth-order valence-electron chi connectivity index (χ4n) is 2.11. The van der Waals surface area contributed by atoms with Crippen molar-refractivity contribution in [1.82, 2.24) is 19.3 Å². The third-order valence-electron chi connectivity index (χ3n) is 3.15. The second kappa shape index (κ2) is 4.72. The molecular weight excluding hydrogens is 244 g/mol. The van der Waals surface area contributed by atoms with Gasteiger partial charge in [0.1, 0.15) is 0 Å². The van der Waals surface area contributed by atoms with E-state index in [-0.39, 0.29) is 5.41 Å². The monoisotopic (exact) mass is 264 g/mol. The molecule has 2 aromatic rings. The number of H-pyrrole nitrogens is 1. The van der Waals surface area contributed by atoms with Gasteiger partial charge in [-0.15, -0.1) is 0 Å². The van der Waals surface area contributed by atoms with Crippen molar-refractivity contribution in [3.8, 4) is 0 Å². The SMILES string of the molecule is Cn1nccc1CCn1c(C(C)(C)C)c[nH]c1=S. The minimum atomic E-state index is 0.0972. The maximum Gasteiger partial charge on any atom is 0.177 e. The van der Waals surface area contributed by atoms with Crippen molar-refractivity contribution in [3.63, 3.8) is 0 Å². The summed E-state index contributed by atoms with van der Waals surface area (Å²) in [6.45, 7) is 7.48. The smallest absolute Gasteiger partial charge is 0.177 e. The van der Waals surface area contributed by atoms with Gasteiger partial charge in [-0.1, -0.05) is 20.8 Å². The van der Waals surface area contributed by atoms with Crippen molar-refractivity contribution < 1.29 is 0 Å². The lowest BCUT2D eigenvalue weighted by Crippen LogP contribution is -2.19. The predicted molar refractivity (Wildman–Crippen MR) is 75.2 cm³/mol. The Morgan fingerprint density at radius 1 is 1.39 bits per heavy atom. The predicted octanol–water partition coefficient (Wildman–Crippen LogP) is 2.82. The molecule has 0 aliphatic carbocycles. The molecule has 2 heterocycles. The van der Waals surface area contributed by atoms with E-state index in [0.29, 0.717) is 0 Å². The highest BCUT2D eigenvalue weighted by atomic mass is 32.1. The van der Waals surface area contributed by atoms with Gasteiger partial charge in [0.15, 0.2) is 4.77 Å². The molecule has 0 saturated heterocycles. The van der Waals surface area contributed by atoms with E-state index in [1.807, 2.05) is 30.2 Å². The summed E-state index contributed by atoms with van der Waals surface area (Å²) in [6, 6.07) is 2.05. The van der Waals surface area contributed by atoms with Crippen LogP contribution in [0.3, 0.4) is 0 Å². The molecule has 0 aliphatic heterocycles. The van der Waals surface area contributed by atoms with Crippen LogP contribution < -0.4 is 0 Å². The average molecular weight is 264 g/mol. The van der Waals surface area contributed by atoms with E-state index < -0.39 is 0 Å². The number of rotatable bonds is 3. The molecule has 0 fully saturated rings. The second-order valence-corrected chi connectivity index (χ2v) is 5.96. The average Bonchev–Trinajstić information content (AvgIpc) is 2.81. The number of imidazole rings is 1. The van der Waals surface area contributed by atoms with E-state index in [1.54, 1.807) is 0 Å². The maximum absolute atomic E-state index is 5.35. The van der Waals surface area contributed by atoms with Crippen LogP contribution in [0.1, 0.15) is 32.2 Å². The van der Waals surface area contributed by atoms with E-state index in [0.717, 1.165) is 17.7 Å². The zero-order valence-corrected chi connectivity index (χ0v) is 12.2. The van der Waals surface area contributed by atoms with Gasteiger partial charge in [-0.2, -0.15) is 5.10 Å². The summed E-state index contributed by atoms with van der Waals surface area (Å²) in [5.74, 6) is 0. The molecule has 2 rings (SSSR count). The largest absolute Gasteiger partial charge is 0.337 e. The van der Waals surface area contributed by atoms with Gasteiger partial charge in [0.05, 0.1) is 0 Å². The Morgan fingerprint density at radius 2 is 2.11 bits per heavy atom. The first kappa shape index (κ1) is 13.1. The van der Waals surface area contributed by atoms with Crippen LogP contribution in [0.25, 0.3) is 0 Å². The van der Waals surface area contributed by atoms with Gasteiger partial charge in [0.25, 0.3) is 0 Å². The van der Waals surface area contributed by atoms with E-state index >= 15 is 0 Å². The van der Waals surface area contributed by atoms with Gasteiger partial charge in [0, 0.05) is 49.2 Å². The number of hydrogen-bond acceptors (Lipinski definition) is 2.